The first-order valence-electron chi connectivity index (χ1n) is 6.57. The first kappa shape index (κ1) is 11.9. The summed E-state index contributed by atoms with van der Waals surface area (Å²) in [6.07, 6.45) is 3.23. The molecule has 0 aromatic carbocycles. The Labute approximate surface area is 107 Å². The van der Waals surface area contributed by atoms with Crippen molar-refractivity contribution >= 4 is 0 Å². The van der Waals surface area contributed by atoms with Crippen molar-refractivity contribution in [2.45, 2.75) is 37.9 Å². The van der Waals surface area contributed by atoms with Gasteiger partial charge in [-0.25, -0.2) is 0 Å². The van der Waals surface area contributed by atoms with Crippen molar-refractivity contribution in [2.75, 3.05) is 19.7 Å². The summed E-state index contributed by atoms with van der Waals surface area (Å²) in [5.41, 5.74) is 0.938. The number of ether oxygens (including phenoxy) is 2. The van der Waals surface area contributed by atoms with Gasteiger partial charge in [0, 0.05) is 12.5 Å². The lowest BCUT2D eigenvalue weighted by Gasteiger charge is -2.32. The molecule has 0 aliphatic carbocycles. The molecule has 2 saturated heterocycles. The third-order valence-electron chi connectivity index (χ3n) is 3.75. The van der Waals surface area contributed by atoms with Crippen LogP contribution in [-0.2, 0) is 4.74 Å². The lowest BCUT2D eigenvalue weighted by Crippen LogP contribution is -2.41. The van der Waals surface area contributed by atoms with Crippen molar-refractivity contribution in [3.8, 4) is 5.88 Å². The van der Waals surface area contributed by atoms with Gasteiger partial charge < -0.3 is 14.8 Å². The van der Waals surface area contributed by atoms with E-state index in [4.69, 9.17) is 9.47 Å². The Hall–Kier alpha value is -1.20. The van der Waals surface area contributed by atoms with Gasteiger partial charge in [-0.3, -0.25) is 0 Å². The lowest BCUT2D eigenvalue weighted by atomic mass is 9.89. The zero-order chi connectivity index (χ0) is 12.4. The van der Waals surface area contributed by atoms with Gasteiger partial charge in [-0.05, 0) is 38.9 Å². The molecule has 1 unspecified atom stereocenters. The van der Waals surface area contributed by atoms with E-state index in [9.17, 15) is 0 Å². The van der Waals surface area contributed by atoms with E-state index in [2.05, 4.69) is 15.5 Å². The monoisotopic (exact) mass is 249 g/mol. The maximum atomic E-state index is 5.98. The second kappa shape index (κ2) is 4.82. The zero-order valence-electron chi connectivity index (χ0n) is 10.7. The summed E-state index contributed by atoms with van der Waals surface area (Å²) < 4.78 is 11.8. The van der Waals surface area contributed by atoms with Crippen LogP contribution in [0.2, 0.25) is 0 Å². The molecule has 3 rings (SSSR count). The predicted molar refractivity (Wildman–Crippen MR) is 66.6 cm³/mol. The summed E-state index contributed by atoms with van der Waals surface area (Å²) in [6, 6.07) is 3.79. The van der Waals surface area contributed by atoms with Crippen molar-refractivity contribution in [3.63, 3.8) is 0 Å². The van der Waals surface area contributed by atoms with Gasteiger partial charge in [0.05, 0.1) is 17.9 Å². The number of hydrogen-bond acceptors (Lipinski definition) is 5. The quantitative estimate of drug-likeness (QED) is 0.850. The van der Waals surface area contributed by atoms with E-state index in [0.717, 1.165) is 38.0 Å². The van der Waals surface area contributed by atoms with Crippen LogP contribution < -0.4 is 10.1 Å². The van der Waals surface area contributed by atoms with E-state index in [-0.39, 0.29) is 11.7 Å². The first-order chi connectivity index (χ1) is 8.76. The number of aromatic nitrogens is 2. The molecule has 0 saturated carbocycles. The molecule has 3 heterocycles. The molecule has 18 heavy (non-hydrogen) atoms. The zero-order valence-corrected chi connectivity index (χ0v) is 10.7. The van der Waals surface area contributed by atoms with Crippen LogP contribution in [0.3, 0.4) is 0 Å². The van der Waals surface area contributed by atoms with Crippen LogP contribution in [0.25, 0.3) is 0 Å². The number of piperidine rings is 1. The van der Waals surface area contributed by atoms with E-state index in [1.165, 1.54) is 0 Å². The Morgan fingerprint density at radius 1 is 1.33 bits per heavy atom. The van der Waals surface area contributed by atoms with Crippen molar-refractivity contribution in [1.29, 1.82) is 0 Å². The number of nitrogens with one attached hydrogen (secondary N) is 1. The molecule has 5 heteroatoms. The van der Waals surface area contributed by atoms with Crippen LogP contribution in [0, 0.1) is 6.92 Å². The molecule has 0 amide bonds. The SMILES string of the molecule is Cc1ccc(OC2COC3(CCNCC3)C2)nn1. The van der Waals surface area contributed by atoms with Crippen LogP contribution in [0.5, 0.6) is 5.88 Å². The summed E-state index contributed by atoms with van der Waals surface area (Å²) in [7, 11) is 0. The van der Waals surface area contributed by atoms with Gasteiger partial charge >= 0.3 is 0 Å². The fourth-order valence-corrected chi connectivity index (χ4v) is 2.73. The highest BCUT2D eigenvalue weighted by molar-refractivity contribution is 5.11. The van der Waals surface area contributed by atoms with Crippen molar-refractivity contribution in [2.24, 2.45) is 0 Å². The molecule has 2 aliphatic heterocycles. The molecule has 5 nitrogen and oxygen atoms in total. The number of hydrogen-bond donors (Lipinski definition) is 1. The minimum atomic E-state index is 0.0358. The Morgan fingerprint density at radius 2 is 2.17 bits per heavy atom. The van der Waals surface area contributed by atoms with Gasteiger partial charge in [0.2, 0.25) is 5.88 Å². The predicted octanol–water partition coefficient (Wildman–Crippen LogP) is 1.07. The standard InChI is InChI=1S/C13H19N3O2/c1-10-2-3-12(16-15-10)18-11-8-13(17-9-11)4-6-14-7-5-13/h2-3,11,14H,4-9H2,1H3. The van der Waals surface area contributed by atoms with Gasteiger partial charge in [-0.15, -0.1) is 5.10 Å². The van der Waals surface area contributed by atoms with Crippen LogP contribution in [0.1, 0.15) is 25.0 Å². The summed E-state index contributed by atoms with van der Waals surface area (Å²) in [4.78, 5) is 0. The minimum absolute atomic E-state index is 0.0358. The molecule has 98 valence electrons. The molecule has 1 aromatic rings. The maximum absolute atomic E-state index is 5.98. The Kier molecular flexibility index (Phi) is 3.18. The Bertz CT molecular complexity index is 401. The average molecular weight is 249 g/mol. The topological polar surface area (TPSA) is 56.3 Å². The summed E-state index contributed by atoms with van der Waals surface area (Å²) >= 11 is 0. The smallest absolute Gasteiger partial charge is 0.233 e. The third-order valence-corrected chi connectivity index (χ3v) is 3.75. The molecule has 2 fully saturated rings. The van der Waals surface area contributed by atoms with Crippen LogP contribution >= 0.6 is 0 Å². The Balaban J connectivity index is 1.60. The van der Waals surface area contributed by atoms with Gasteiger partial charge in [-0.2, -0.15) is 5.10 Å². The highest BCUT2D eigenvalue weighted by atomic mass is 16.6. The van der Waals surface area contributed by atoms with Gasteiger partial charge in [0.1, 0.15) is 6.10 Å². The molecule has 0 bridgehead atoms. The highest BCUT2D eigenvalue weighted by Crippen LogP contribution is 2.35. The number of aryl methyl sites for hydroxylation is 1. The number of rotatable bonds is 2. The largest absolute Gasteiger partial charge is 0.471 e. The lowest BCUT2D eigenvalue weighted by molar-refractivity contribution is -0.0206. The normalized spacial score (nSPS) is 26.4. The van der Waals surface area contributed by atoms with Crippen molar-refractivity contribution in [1.82, 2.24) is 15.5 Å². The van der Waals surface area contributed by atoms with Gasteiger partial charge in [0.15, 0.2) is 0 Å². The van der Waals surface area contributed by atoms with Crippen LogP contribution in [0.15, 0.2) is 12.1 Å². The first-order valence-corrected chi connectivity index (χ1v) is 6.57. The molecule has 1 spiro atoms. The van der Waals surface area contributed by atoms with E-state index in [0.29, 0.717) is 12.5 Å². The van der Waals surface area contributed by atoms with Crippen LogP contribution in [0.4, 0.5) is 0 Å². The van der Waals surface area contributed by atoms with E-state index >= 15 is 0 Å². The highest BCUT2D eigenvalue weighted by Gasteiger charge is 2.42. The van der Waals surface area contributed by atoms with E-state index < -0.39 is 0 Å². The van der Waals surface area contributed by atoms with Gasteiger partial charge in [-0.1, -0.05) is 0 Å². The van der Waals surface area contributed by atoms with Crippen molar-refractivity contribution < 1.29 is 9.47 Å². The van der Waals surface area contributed by atoms with Crippen molar-refractivity contribution in [3.05, 3.63) is 17.8 Å². The second-order valence-electron chi connectivity index (χ2n) is 5.20. The second-order valence-corrected chi connectivity index (χ2v) is 5.20. The molecule has 2 aliphatic rings. The molecule has 1 N–H and O–H groups in total. The fraction of sp³-hybridized carbons (Fsp3) is 0.692. The van der Waals surface area contributed by atoms with Crippen LogP contribution in [-0.4, -0.2) is 41.6 Å². The third kappa shape index (κ3) is 2.47. The Morgan fingerprint density at radius 3 is 2.89 bits per heavy atom. The van der Waals surface area contributed by atoms with Gasteiger partial charge in [0.25, 0.3) is 0 Å². The minimum Gasteiger partial charge on any atom is -0.471 e. The molecular formula is C13H19N3O2. The fourth-order valence-electron chi connectivity index (χ4n) is 2.73. The van der Waals surface area contributed by atoms with E-state index in [1.807, 2.05) is 19.1 Å². The average Bonchev–Trinajstić information content (AvgIpc) is 2.76. The maximum Gasteiger partial charge on any atom is 0.233 e. The molecule has 0 radical (unpaired) electrons. The number of nitrogens with zero attached hydrogens (tertiary/aromatic N) is 2. The molecule has 1 atom stereocenters. The summed E-state index contributed by atoms with van der Waals surface area (Å²) in [6.45, 7) is 4.66. The summed E-state index contributed by atoms with van der Waals surface area (Å²) in [5, 5.41) is 11.4. The molecular weight excluding hydrogens is 230 g/mol. The van der Waals surface area contributed by atoms with E-state index in [1.54, 1.807) is 0 Å². The molecule has 1 aromatic heterocycles. The summed E-state index contributed by atoms with van der Waals surface area (Å²) in [5.74, 6) is 0.597.